The van der Waals surface area contributed by atoms with Crippen molar-refractivity contribution in [2.24, 2.45) is 11.7 Å². The van der Waals surface area contributed by atoms with E-state index in [1.54, 1.807) is 12.1 Å². The molecule has 1 atom stereocenters. The Morgan fingerprint density at radius 2 is 1.94 bits per heavy atom. The molecule has 0 aromatic heterocycles. The molecule has 4 heteroatoms. The van der Waals surface area contributed by atoms with Crippen LogP contribution in [0.25, 0.3) is 0 Å². The van der Waals surface area contributed by atoms with Crippen molar-refractivity contribution in [3.05, 3.63) is 34.6 Å². The van der Waals surface area contributed by atoms with E-state index in [0.717, 1.165) is 12.8 Å². The van der Waals surface area contributed by atoms with Crippen LogP contribution in [0.2, 0.25) is 5.02 Å². The summed E-state index contributed by atoms with van der Waals surface area (Å²) in [6, 6.07) is 4.49. The van der Waals surface area contributed by atoms with Crippen LogP contribution in [0, 0.1) is 11.7 Å². The van der Waals surface area contributed by atoms with Gasteiger partial charge in [-0.25, -0.2) is 4.39 Å². The Morgan fingerprint density at radius 3 is 2.50 bits per heavy atom. The molecule has 1 nitrogen and oxygen atoms in total. The second-order valence-corrected chi connectivity index (χ2v) is 4.61. The number of hydrogen-bond acceptors (Lipinski definition) is 1. The second-order valence-electron chi connectivity index (χ2n) is 4.21. The van der Waals surface area contributed by atoms with Crippen molar-refractivity contribution >= 4 is 24.0 Å². The lowest BCUT2D eigenvalue weighted by Gasteiger charge is -2.20. The Balaban J connectivity index is 0.00000128. The van der Waals surface area contributed by atoms with Gasteiger partial charge in [0.05, 0.1) is 0 Å². The molecule has 1 aromatic carbocycles. The maximum Gasteiger partial charge on any atom is 0.129 e. The highest BCUT2D eigenvalue weighted by Gasteiger charge is 2.26. The third-order valence-corrected chi connectivity index (χ3v) is 3.57. The van der Waals surface area contributed by atoms with Gasteiger partial charge in [0.25, 0.3) is 0 Å². The van der Waals surface area contributed by atoms with Crippen LogP contribution in [0.5, 0.6) is 0 Å². The summed E-state index contributed by atoms with van der Waals surface area (Å²) in [4.78, 5) is 0. The van der Waals surface area contributed by atoms with Gasteiger partial charge in [-0.2, -0.15) is 0 Å². The minimum atomic E-state index is -0.276. The standard InChI is InChI=1S/C12H15ClFN.ClH/c13-9-6-3-7-10(14)11(9)12(15)8-4-1-2-5-8;/h3,6-8,12H,1-2,4-5,15H2;1H/t12-;/m0./s1. The fourth-order valence-corrected chi connectivity index (χ4v) is 2.67. The predicted molar refractivity (Wildman–Crippen MR) is 67.5 cm³/mol. The van der Waals surface area contributed by atoms with Crippen LogP contribution in [-0.2, 0) is 0 Å². The molecule has 16 heavy (non-hydrogen) atoms. The highest BCUT2D eigenvalue weighted by molar-refractivity contribution is 6.31. The van der Waals surface area contributed by atoms with E-state index in [0.29, 0.717) is 16.5 Å². The first-order chi connectivity index (χ1) is 7.20. The Hall–Kier alpha value is -0.310. The maximum absolute atomic E-state index is 13.6. The Morgan fingerprint density at radius 1 is 1.31 bits per heavy atom. The van der Waals surface area contributed by atoms with Gasteiger partial charge < -0.3 is 5.73 Å². The number of hydrogen-bond donors (Lipinski definition) is 1. The lowest BCUT2D eigenvalue weighted by molar-refractivity contribution is 0.429. The van der Waals surface area contributed by atoms with Crippen LogP contribution < -0.4 is 5.73 Å². The fourth-order valence-electron chi connectivity index (χ4n) is 2.38. The van der Waals surface area contributed by atoms with Gasteiger partial charge in [0.2, 0.25) is 0 Å². The SMILES string of the molecule is Cl.N[C@H](c1c(F)cccc1Cl)C1CCCC1. The van der Waals surface area contributed by atoms with Crippen LogP contribution in [0.3, 0.4) is 0 Å². The van der Waals surface area contributed by atoms with Crippen molar-refractivity contribution in [3.63, 3.8) is 0 Å². The molecule has 0 amide bonds. The molecule has 0 saturated heterocycles. The molecule has 0 heterocycles. The summed E-state index contributed by atoms with van der Waals surface area (Å²) in [7, 11) is 0. The normalized spacial score (nSPS) is 18.2. The molecule has 0 bridgehead atoms. The molecule has 1 aliphatic carbocycles. The molecule has 1 aromatic rings. The number of halogens is 3. The second kappa shape index (κ2) is 5.85. The van der Waals surface area contributed by atoms with E-state index in [2.05, 4.69) is 0 Å². The van der Waals surface area contributed by atoms with Gasteiger partial charge in [-0.05, 0) is 30.9 Å². The topological polar surface area (TPSA) is 26.0 Å². The van der Waals surface area contributed by atoms with Gasteiger partial charge in [0.1, 0.15) is 5.82 Å². The third-order valence-electron chi connectivity index (χ3n) is 3.24. The summed E-state index contributed by atoms with van der Waals surface area (Å²) in [6.07, 6.45) is 4.58. The molecule has 2 rings (SSSR count). The zero-order chi connectivity index (χ0) is 10.8. The van der Waals surface area contributed by atoms with Gasteiger partial charge in [-0.15, -0.1) is 12.4 Å². The monoisotopic (exact) mass is 263 g/mol. The van der Waals surface area contributed by atoms with Crippen LogP contribution in [-0.4, -0.2) is 0 Å². The van der Waals surface area contributed by atoms with Gasteiger partial charge in [0.15, 0.2) is 0 Å². The zero-order valence-corrected chi connectivity index (χ0v) is 10.5. The number of rotatable bonds is 2. The van der Waals surface area contributed by atoms with E-state index in [9.17, 15) is 4.39 Å². The van der Waals surface area contributed by atoms with Crippen LogP contribution in [0.4, 0.5) is 4.39 Å². The highest BCUT2D eigenvalue weighted by Crippen LogP contribution is 2.37. The summed E-state index contributed by atoms with van der Waals surface area (Å²) >= 11 is 5.98. The van der Waals surface area contributed by atoms with E-state index in [1.165, 1.54) is 18.9 Å². The molecule has 90 valence electrons. The molecule has 0 aliphatic heterocycles. The smallest absolute Gasteiger partial charge is 0.129 e. The van der Waals surface area contributed by atoms with Crippen LogP contribution >= 0.6 is 24.0 Å². The quantitative estimate of drug-likeness (QED) is 0.855. The summed E-state index contributed by atoms with van der Waals surface area (Å²) in [5.41, 5.74) is 6.57. The first-order valence-corrected chi connectivity index (χ1v) is 5.77. The lowest BCUT2D eigenvalue weighted by atomic mass is 9.92. The van der Waals surface area contributed by atoms with E-state index >= 15 is 0 Å². The Kier molecular flexibility index (Phi) is 5.03. The molecular formula is C12H16Cl2FN. The minimum Gasteiger partial charge on any atom is -0.324 e. The third kappa shape index (κ3) is 2.68. The fraction of sp³-hybridized carbons (Fsp3) is 0.500. The summed E-state index contributed by atoms with van der Waals surface area (Å²) in [6.45, 7) is 0. The molecule has 0 radical (unpaired) electrons. The maximum atomic E-state index is 13.6. The predicted octanol–water partition coefficient (Wildman–Crippen LogP) is 4.09. The Labute approximate surface area is 107 Å². The van der Waals surface area contributed by atoms with Crippen molar-refractivity contribution in [1.29, 1.82) is 0 Å². The van der Waals surface area contributed by atoms with E-state index in [4.69, 9.17) is 17.3 Å². The largest absolute Gasteiger partial charge is 0.324 e. The molecule has 2 N–H and O–H groups in total. The molecule has 1 saturated carbocycles. The first kappa shape index (κ1) is 13.8. The summed E-state index contributed by atoms with van der Waals surface area (Å²) < 4.78 is 13.6. The highest BCUT2D eigenvalue weighted by atomic mass is 35.5. The molecular weight excluding hydrogens is 248 g/mol. The molecule has 1 fully saturated rings. The van der Waals surface area contributed by atoms with Crippen LogP contribution in [0.15, 0.2) is 18.2 Å². The average Bonchev–Trinajstić information content (AvgIpc) is 2.69. The lowest BCUT2D eigenvalue weighted by Crippen LogP contribution is -2.20. The van der Waals surface area contributed by atoms with Crippen molar-refractivity contribution in [2.45, 2.75) is 31.7 Å². The van der Waals surface area contributed by atoms with Crippen molar-refractivity contribution in [2.75, 3.05) is 0 Å². The van der Waals surface area contributed by atoms with Crippen molar-refractivity contribution < 1.29 is 4.39 Å². The first-order valence-electron chi connectivity index (χ1n) is 5.39. The van der Waals surface area contributed by atoms with Gasteiger partial charge in [0, 0.05) is 16.6 Å². The van der Waals surface area contributed by atoms with Gasteiger partial charge in [-0.3, -0.25) is 0 Å². The molecule has 0 spiro atoms. The van der Waals surface area contributed by atoms with Crippen molar-refractivity contribution in [1.82, 2.24) is 0 Å². The van der Waals surface area contributed by atoms with E-state index < -0.39 is 0 Å². The summed E-state index contributed by atoms with van der Waals surface area (Å²) in [5, 5.41) is 0.453. The van der Waals surface area contributed by atoms with Crippen LogP contribution in [0.1, 0.15) is 37.3 Å². The minimum absolute atomic E-state index is 0. The zero-order valence-electron chi connectivity index (χ0n) is 8.96. The van der Waals surface area contributed by atoms with Gasteiger partial charge in [-0.1, -0.05) is 30.5 Å². The Bertz CT molecular complexity index is 331. The van der Waals surface area contributed by atoms with E-state index in [-0.39, 0.29) is 24.3 Å². The molecule has 0 unspecified atom stereocenters. The molecule has 1 aliphatic rings. The average molecular weight is 264 g/mol. The number of nitrogens with two attached hydrogens (primary N) is 1. The summed E-state index contributed by atoms with van der Waals surface area (Å²) in [5.74, 6) is 0.112. The van der Waals surface area contributed by atoms with Crippen molar-refractivity contribution in [3.8, 4) is 0 Å². The number of benzene rings is 1. The van der Waals surface area contributed by atoms with Gasteiger partial charge >= 0.3 is 0 Å². The van der Waals surface area contributed by atoms with E-state index in [1.807, 2.05) is 0 Å².